The molecule has 0 aromatic carbocycles. The Labute approximate surface area is 130 Å². The lowest BCUT2D eigenvalue weighted by Gasteiger charge is -1.98. The molecule has 0 bridgehead atoms. The van der Waals surface area contributed by atoms with E-state index in [2.05, 4.69) is 26.8 Å². The van der Waals surface area contributed by atoms with Crippen molar-refractivity contribution in [1.82, 2.24) is 14.8 Å². The van der Waals surface area contributed by atoms with E-state index in [1.807, 2.05) is 25.3 Å². The fourth-order valence-electron chi connectivity index (χ4n) is 2.00. The smallest absolute Gasteiger partial charge is 0.183 e. The van der Waals surface area contributed by atoms with Gasteiger partial charge in [-0.15, -0.1) is 11.3 Å². The van der Waals surface area contributed by atoms with Gasteiger partial charge in [-0.3, -0.25) is 4.68 Å². The van der Waals surface area contributed by atoms with Crippen LogP contribution in [0.15, 0.2) is 29.8 Å². The lowest BCUT2D eigenvalue weighted by Crippen LogP contribution is -2.02. The minimum Gasteiger partial charge on any atom is -0.394 e. The molecular formula is C14H16N4OS2. The van der Waals surface area contributed by atoms with Crippen LogP contribution in [0.4, 0.5) is 5.13 Å². The molecule has 3 rings (SSSR count). The molecular weight excluding hydrogens is 304 g/mol. The number of aryl methyl sites for hydroxylation is 1. The van der Waals surface area contributed by atoms with E-state index in [9.17, 15) is 0 Å². The molecule has 0 fully saturated rings. The average Bonchev–Trinajstić information content (AvgIpc) is 3.17. The number of nitrogens with zero attached hydrogens (tertiary/aromatic N) is 3. The number of aliphatic hydroxyl groups is 1. The van der Waals surface area contributed by atoms with Crippen molar-refractivity contribution >= 4 is 27.8 Å². The maximum atomic E-state index is 8.94. The van der Waals surface area contributed by atoms with Crippen molar-refractivity contribution in [2.45, 2.75) is 20.0 Å². The summed E-state index contributed by atoms with van der Waals surface area (Å²) in [7, 11) is 0. The van der Waals surface area contributed by atoms with Crippen LogP contribution in [0.25, 0.3) is 10.6 Å². The Morgan fingerprint density at radius 1 is 1.38 bits per heavy atom. The van der Waals surface area contributed by atoms with Crippen LogP contribution in [0.3, 0.4) is 0 Å². The highest BCUT2D eigenvalue weighted by Gasteiger charge is 2.12. The lowest BCUT2D eigenvalue weighted by atomic mass is 10.3. The first kappa shape index (κ1) is 14.2. The van der Waals surface area contributed by atoms with Crippen molar-refractivity contribution in [1.29, 1.82) is 0 Å². The maximum Gasteiger partial charge on any atom is 0.183 e. The Kier molecular flexibility index (Phi) is 4.33. The van der Waals surface area contributed by atoms with E-state index in [0.29, 0.717) is 6.54 Å². The van der Waals surface area contributed by atoms with Crippen molar-refractivity contribution in [3.05, 3.63) is 40.3 Å². The Hall–Kier alpha value is -1.70. The molecule has 0 saturated heterocycles. The van der Waals surface area contributed by atoms with Gasteiger partial charge in [-0.05, 0) is 24.4 Å². The number of aromatic nitrogens is 3. The highest BCUT2D eigenvalue weighted by atomic mass is 32.1. The summed E-state index contributed by atoms with van der Waals surface area (Å²) in [5.74, 6) is 0. The first-order valence-electron chi connectivity index (χ1n) is 6.64. The van der Waals surface area contributed by atoms with Crippen LogP contribution in [0, 0.1) is 6.92 Å². The second-order valence-corrected chi connectivity index (χ2v) is 6.59. The van der Waals surface area contributed by atoms with Gasteiger partial charge in [-0.2, -0.15) is 5.10 Å². The fraction of sp³-hybridized carbons (Fsp3) is 0.286. The minimum atomic E-state index is 0.0937. The van der Waals surface area contributed by atoms with E-state index in [4.69, 9.17) is 5.11 Å². The second-order valence-electron chi connectivity index (χ2n) is 4.55. The molecule has 0 aliphatic carbocycles. The standard InChI is InChI=1S/C14H16N4OS2/c1-10-13(12-4-5-18(17-12)6-7-19)21-14(16-10)15-9-11-3-2-8-20-11/h2-5,8,19H,6-7,9H2,1H3,(H,15,16). The van der Waals surface area contributed by atoms with E-state index in [-0.39, 0.29) is 6.61 Å². The van der Waals surface area contributed by atoms with Crippen molar-refractivity contribution in [3.63, 3.8) is 0 Å². The molecule has 21 heavy (non-hydrogen) atoms. The highest BCUT2D eigenvalue weighted by molar-refractivity contribution is 7.19. The van der Waals surface area contributed by atoms with E-state index in [1.54, 1.807) is 27.4 Å². The van der Waals surface area contributed by atoms with Crippen LogP contribution in [0.2, 0.25) is 0 Å². The van der Waals surface area contributed by atoms with Crippen LogP contribution in [-0.4, -0.2) is 26.5 Å². The average molecular weight is 320 g/mol. The van der Waals surface area contributed by atoms with Crippen LogP contribution in [0.5, 0.6) is 0 Å². The number of thiazole rings is 1. The Morgan fingerprint density at radius 3 is 3.05 bits per heavy atom. The lowest BCUT2D eigenvalue weighted by molar-refractivity contribution is 0.269. The summed E-state index contributed by atoms with van der Waals surface area (Å²) in [6.07, 6.45) is 1.88. The normalized spacial score (nSPS) is 11.0. The third-order valence-corrected chi connectivity index (χ3v) is 5.01. The molecule has 2 N–H and O–H groups in total. The maximum absolute atomic E-state index is 8.94. The van der Waals surface area contributed by atoms with E-state index < -0.39 is 0 Å². The first-order chi connectivity index (χ1) is 10.3. The molecule has 0 amide bonds. The van der Waals surface area contributed by atoms with E-state index in [0.717, 1.165) is 27.9 Å². The zero-order valence-corrected chi connectivity index (χ0v) is 13.2. The van der Waals surface area contributed by atoms with Gasteiger partial charge in [0.05, 0.1) is 30.3 Å². The number of anilines is 1. The van der Waals surface area contributed by atoms with Crippen molar-refractivity contribution in [3.8, 4) is 10.6 Å². The molecule has 0 spiro atoms. The molecule has 0 unspecified atom stereocenters. The quantitative estimate of drug-likeness (QED) is 0.733. The predicted molar refractivity (Wildman–Crippen MR) is 86.8 cm³/mol. The SMILES string of the molecule is Cc1nc(NCc2cccs2)sc1-c1ccn(CCO)n1. The number of hydrogen-bond donors (Lipinski definition) is 2. The minimum absolute atomic E-state index is 0.0937. The van der Waals surface area contributed by atoms with Crippen molar-refractivity contribution < 1.29 is 5.11 Å². The van der Waals surface area contributed by atoms with Crippen molar-refractivity contribution in [2.75, 3.05) is 11.9 Å². The van der Waals surface area contributed by atoms with E-state index in [1.165, 1.54) is 4.88 Å². The van der Waals surface area contributed by atoms with Gasteiger partial charge in [0.25, 0.3) is 0 Å². The van der Waals surface area contributed by atoms with Gasteiger partial charge in [0.1, 0.15) is 5.69 Å². The predicted octanol–water partition coefficient (Wildman–Crippen LogP) is 2.98. The number of nitrogens with one attached hydrogen (secondary N) is 1. The van der Waals surface area contributed by atoms with Gasteiger partial charge >= 0.3 is 0 Å². The molecule has 7 heteroatoms. The molecule has 110 valence electrons. The summed E-state index contributed by atoms with van der Waals surface area (Å²) in [6, 6.07) is 6.11. The van der Waals surface area contributed by atoms with Gasteiger partial charge in [0, 0.05) is 11.1 Å². The summed E-state index contributed by atoms with van der Waals surface area (Å²) >= 11 is 3.34. The monoisotopic (exact) mass is 320 g/mol. The van der Waals surface area contributed by atoms with Crippen LogP contribution in [-0.2, 0) is 13.1 Å². The Balaban J connectivity index is 1.73. The highest BCUT2D eigenvalue weighted by Crippen LogP contribution is 2.31. The molecule has 3 aromatic heterocycles. The molecule has 0 atom stereocenters. The van der Waals surface area contributed by atoms with E-state index >= 15 is 0 Å². The Bertz CT molecular complexity index is 702. The fourth-order valence-corrected chi connectivity index (χ4v) is 3.57. The van der Waals surface area contributed by atoms with Gasteiger partial charge in [0.2, 0.25) is 0 Å². The topological polar surface area (TPSA) is 63.0 Å². The summed E-state index contributed by atoms with van der Waals surface area (Å²) in [4.78, 5) is 6.91. The third kappa shape index (κ3) is 3.31. The molecule has 0 saturated carbocycles. The van der Waals surface area contributed by atoms with Crippen LogP contribution >= 0.6 is 22.7 Å². The molecule has 0 aliphatic rings. The first-order valence-corrected chi connectivity index (χ1v) is 8.34. The summed E-state index contributed by atoms with van der Waals surface area (Å²) in [5, 5.41) is 19.7. The summed E-state index contributed by atoms with van der Waals surface area (Å²) in [5.41, 5.74) is 1.88. The summed E-state index contributed by atoms with van der Waals surface area (Å²) < 4.78 is 1.74. The van der Waals surface area contributed by atoms with Gasteiger partial charge in [-0.25, -0.2) is 4.98 Å². The number of rotatable bonds is 6. The molecule has 0 aliphatic heterocycles. The van der Waals surface area contributed by atoms with Gasteiger partial charge in [0.15, 0.2) is 5.13 Å². The molecule has 3 aromatic rings. The van der Waals surface area contributed by atoms with Crippen molar-refractivity contribution in [2.24, 2.45) is 0 Å². The molecule has 3 heterocycles. The Morgan fingerprint density at radius 2 is 2.29 bits per heavy atom. The zero-order chi connectivity index (χ0) is 14.7. The number of thiophene rings is 1. The number of hydrogen-bond acceptors (Lipinski definition) is 6. The second kappa shape index (κ2) is 6.38. The largest absolute Gasteiger partial charge is 0.394 e. The molecule has 5 nitrogen and oxygen atoms in total. The van der Waals surface area contributed by atoms with Crippen LogP contribution in [0.1, 0.15) is 10.6 Å². The number of aliphatic hydroxyl groups excluding tert-OH is 1. The van der Waals surface area contributed by atoms with Crippen LogP contribution < -0.4 is 5.32 Å². The molecule has 0 radical (unpaired) electrons. The zero-order valence-electron chi connectivity index (χ0n) is 11.6. The van der Waals surface area contributed by atoms with Gasteiger partial charge in [-0.1, -0.05) is 17.4 Å². The summed E-state index contributed by atoms with van der Waals surface area (Å²) in [6.45, 7) is 3.40. The third-order valence-electron chi connectivity index (χ3n) is 2.99. The van der Waals surface area contributed by atoms with Gasteiger partial charge < -0.3 is 10.4 Å².